The van der Waals surface area contributed by atoms with Crippen molar-refractivity contribution in [3.05, 3.63) is 54.6 Å². The van der Waals surface area contributed by atoms with Crippen molar-refractivity contribution in [2.75, 3.05) is 23.4 Å². The second-order valence-electron chi connectivity index (χ2n) is 6.00. The minimum absolute atomic E-state index is 0.124. The van der Waals surface area contributed by atoms with Crippen molar-refractivity contribution < 1.29 is 19.1 Å². The molecule has 1 aliphatic heterocycles. The Morgan fingerprint density at radius 3 is 2.42 bits per heavy atom. The third-order valence-corrected chi connectivity index (χ3v) is 4.10. The van der Waals surface area contributed by atoms with E-state index in [-0.39, 0.29) is 31.4 Å². The highest BCUT2D eigenvalue weighted by atomic mass is 16.5. The Balaban J connectivity index is 1.54. The molecule has 2 aromatic rings. The summed E-state index contributed by atoms with van der Waals surface area (Å²) in [6, 6.07) is 15.9. The van der Waals surface area contributed by atoms with Crippen molar-refractivity contribution >= 4 is 29.1 Å². The van der Waals surface area contributed by atoms with E-state index in [0.29, 0.717) is 17.1 Å². The molecule has 134 valence electrons. The number of primary amides is 1. The number of nitrogens with two attached hydrogens (primary N) is 1. The summed E-state index contributed by atoms with van der Waals surface area (Å²) in [6.07, 6.45) is 0.132. The van der Waals surface area contributed by atoms with Crippen LogP contribution in [0.5, 0.6) is 5.75 Å². The summed E-state index contributed by atoms with van der Waals surface area (Å²) >= 11 is 0. The minimum Gasteiger partial charge on any atom is -0.484 e. The second kappa shape index (κ2) is 7.69. The predicted octanol–water partition coefficient (Wildman–Crippen LogP) is 1.54. The van der Waals surface area contributed by atoms with Gasteiger partial charge in [-0.25, -0.2) is 0 Å². The van der Waals surface area contributed by atoms with Gasteiger partial charge in [0.15, 0.2) is 6.61 Å². The Bertz CT molecular complexity index is 805. The zero-order valence-electron chi connectivity index (χ0n) is 14.1. The monoisotopic (exact) mass is 353 g/mol. The molecule has 3 N–H and O–H groups in total. The number of nitrogens with one attached hydrogen (secondary N) is 1. The second-order valence-corrected chi connectivity index (χ2v) is 6.00. The number of hydrogen-bond acceptors (Lipinski definition) is 4. The Morgan fingerprint density at radius 2 is 1.81 bits per heavy atom. The van der Waals surface area contributed by atoms with Gasteiger partial charge in [0.1, 0.15) is 5.75 Å². The van der Waals surface area contributed by atoms with Gasteiger partial charge in [0.2, 0.25) is 11.8 Å². The molecule has 0 aliphatic carbocycles. The van der Waals surface area contributed by atoms with Gasteiger partial charge in [0.05, 0.1) is 5.92 Å². The van der Waals surface area contributed by atoms with E-state index in [1.165, 1.54) is 4.90 Å². The van der Waals surface area contributed by atoms with Gasteiger partial charge in [-0.3, -0.25) is 14.4 Å². The van der Waals surface area contributed by atoms with Crippen LogP contribution < -0.4 is 20.7 Å². The lowest BCUT2D eigenvalue weighted by molar-refractivity contribution is -0.123. The standard InChI is InChI=1S/C19H19N3O4/c20-19(25)13-10-18(24)22(11-13)15-6-8-16(9-7-15)26-12-17(23)21-14-4-2-1-3-5-14/h1-9,13H,10-12H2,(H2,20,25)(H,21,23)/t13-/m0/s1. The molecule has 1 heterocycles. The molecule has 0 saturated carbocycles. The number of carbonyl (C=O) groups is 3. The average Bonchev–Trinajstić information content (AvgIpc) is 3.03. The van der Waals surface area contributed by atoms with E-state index in [1.807, 2.05) is 18.2 Å². The van der Waals surface area contributed by atoms with Gasteiger partial charge in [0.25, 0.3) is 5.91 Å². The van der Waals surface area contributed by atoms with Crippen LogP contribution in [0, 0.1) is 5.92 Å². The van der Waals surface area contributed by atoms with Gasteiger partial charge < -0.3 is 20.7 Å². The molecule has 0 bridgehead atoms. The third kappa shape index (κ3) is 4.18. The van der Waals surface area contributed by atoms with Gasteiger partial charge in [-0.2, -0.15) is 0 Å². The van der Waals surface area contributed by atoms with Crippen LogP contribution in [0.2, 0.25) is 0 Å². The van der Waals surface area contributed by atoms with Crippen molar-refractivity contribution in [2.24, 2.45) is 11.7 Å². The van der Waals surface area contributed by atoms with Gasteiger partial charge in [-0.1, -0.05) is 18.2 Å². The van der Waals surface area contributed by atoms with Crippen LogP contribution in [0.25, 0.3) is 0 Å². The molecule has 7 nitrogen and oxygen atoms in total. The molecular weight excluding hydrogens is 334 g/mol. The highest BCUT2D eigenvalue weighted by molar-refractivity contribution is 6.00. The average molecular weight is 353 g/mol. The molecule has 26 heavy (non-hydrogen) atoms. The molecule has 1 fully saturated rings. The summed E-state index contributed by atoms with van der Waals surface area (Å²) in [5, 5.41) is 2.73. The van der Waals surface area contributed by atoms with Crippen molar-refractivity contribution in [3.8, 4) is 5.75 Å². The number of hydrogen-bond donors (Lipinski definition) is 2. The summed E-state index contributed by atoms with van der Waals surface area (Å²) in [6.45, 7) is 0.161. The van der Waals surface area contributed by atoms with Crippen molar-refractivity contribution in [2.45, 2.75) is 6.42 Å². The summed E-state index contributed by atoms with van der Waals surface area (Å²) in [7, 11) is 0. The van der Waals surface area contributed by atoms with Crippen LogP contribution in [0.3, 0.4) is 0 Å². The van der Waals surface area contributed by atoms with Crippen LogP contribution in [-0.2, 0) is 14.4 Å². The van der Waals surface area contributed by atoms with E-state index in [9.17, 15) is 14.4 Å². The molecule has 0 aromatic heterocycles. The lowest BCUT2D eigenvalue weighted by Crippen LogP contribution is -2.28. The Morgan fingerprint density at radius 1 is 1.12 bits per heavy atom. The Labute approximate surface area is 150 Å². The maximum Gasteiger partial charge on any atom is 0.262 e. The van der Waals surface area contributed by atoms with Gasteiger partial charge in [0, 0.05) is 24.3 Å². The van der Waals surface area contributed by atoms with Crippen LogP contribution in [0.15, 0.2) is 54.6 Å². The molecular formula is C19H19N3O4. The van der Waals surface area contributed by atoms with Crippen molar-refractivity contribution in [1.29, 1.82) is 0 Å². The van der Waals surface area contributed by atoms with E-state index in [4.69, 9.17) is 10.5 Å². The lowest BCUT2D eigenvalue weighted by Gasteiger charge is -2.16. The molecule has 7 heteroatoms. The Hall–Kier alpha value is -3.35. The van der Waals surface area contributed by atoms with Gasteiger partial charge in [-0.05, 0) is 36.4 Å². The van der Waals surface area contributed by atoms with Gasteiger partial charge >= 0.3 is 0 Å². The van der Waals surface area contributed by atoms with Crippen LogP contribution >= 0.6 is 0 Å². The molecule has 1 saturated heterocycles. The third-order valence-electron chi connectivity index (χ3n) is 4.10. The highest BCUT2D eigenvalue weighted by Crippen LogP contribution is 2.26. The van der Waals surface area contributed by atoms with Crippen LogP contribution in [-0.4, -0.2) is 30.9 Å². The first-order chi connectivity index (χ1) is 12.5. The molecule has 0 unspecified atom stereocenters. The molecule has 3 rings (SSSR count). The zero-order chi connectivity index (χ0) is 18.5. The molecule has 0 spiro atoms. The number of para-hydroxylation sites is 1. The molecule has 2 aromatic carbocycles. The van der Waals surface area contributed by atoms with E-state index in [0.717, 1.165) is 0 Å². The maximum absolute atomic E-state index is 12.0. The van der Waals surface area contributed by atoms with E-state index >= 15 is 0 Å². The number of anilines is 2. The number of nitrogens with zero attached hydrogens (tertiary/aromatic N) is 1. The first-order valence-electron chi connectivity index (χ1n) is 8.20. The SMILES string of the molecule is NC(=O)[C@H]1CC(=O)N(c2ccc(OCC(=O)Nc3ccccc3)cc2)C1. The minimum atomic E-state index is -0.467. The van der Waals surface area contributed by atoms with E-state index in [2.05, 4.69) is 5.32 Å². The number of carbonyl (C=O) groups excluding carboxylic acids is 3. The van der Waals surface area contributed by atoms with Crippen molar-refractivity contribution in [3.63, 3.8) is 0 Å². The Kier molecular flexibility index (Phi) is 5.17. The largest absolute Gasteiger partial charge is 0.484 e. The fourth-order valence-electron chi connectivity index (χ4n) is 2.74. The highest BCUT2D eigenvalue weighted by Gasteiger charge is 2.33. The van der Waals surface area contributed by atoms with E-state index < -0.39 is 11.8 Å². The number of ether oxygens (including phenoxy) is 1. The van der Waals surface area contributed by atoms with Gasteiger partial charge in [-0.15, -0.1) is 0 Å². The maximum atomic E-state index is 12.0. The fraction of sp³-hybridized carbons (Fsp3) is 0.211. The van der Waals surface area contributed by atoms with E-state index in [1.54, 1.807) is 36.4 Å². The predicted molar refractivity (Wildman–Crippen MR) is 96.7 cm³/mol. The molecule has 1 atom stereocenters. The number of rotatable bonds is 6. The summed E-state index contributed by atoms with van der Waals surface area (Å²) in [5.41, 5.74) is 6.64. The molecule has 0 radical (unpaired) electrons. The number of benzene rings is 2. The topological polar surface area (TPSA) is 102 Å². The summed E-state index contributed by atoms with van der Waals surface area (Å²) in [5.74, 6) is -0.815. The van der Waals surface area contributed by atoms with Crippen molar-refractivity contribution in [1.82, 2.24) is 0 Å². The lowest BCUT2D eigenvalue weighted by atomic mass is 10.1. The normalized spacial score (nSPS) is 16.4. The molecule has 1 aliphatic rings. The first-order valence-corrected chi connectivity index (χ1v) is 8.20. The smallest absolute Gasteiger partial charge is 0.262 e. The summed E-state index contributed by atoms with van der Waals surface area (Å²) < 4.78 is 5.45. The molecule has 3 amide bonds. The first kappa shape index (κ1) is 17.5. The zero-order valence-corrected chi connectivity index (χ0v) is 14.1. The quantitative estimate of drug-likeness (QED) is 0.822. The summed E-state index contributed by atoms with van der Waals surface area (Å²) in [4.78, 5) is 36.6. The van der Waals surface area contributed by atoms with Crippen LogP contribution in [0.4, 0.5) is 11.4 Å². The van der Waals surface area contributed by atoms with Crippen LogP contribution in [0.1, 0.15) is 6.42 Å². The fourth-order valence-corrected chi connectivity index (χ4v) is 2.74. The number of amides is 3.